The number of benzene rings is 1. The van der Waals surface area contributed by atoms with E-state index in [1.807, 2.05) is 22.6 Å². The molecule has 0 saturated heterocycles. The van der Waals surface area contributed by atoms with E-state index in [1.165, 1.54) is 11.1 Å². The van der Waals surface area contributed by atoms with Gasteiger partial charge in [-0.3, -0.25) is 4.68 Å². The van der Waals surface area contributed by atoms with E-state index >= 15 is 0 Å². The van der Waals surface area contributed by atoms with Crippen LogP contribution in [0.3, 0.4) is 0 Å². The van der Waals surface area contributed by atoms with Gasteiger partial charge in [0.2, 0.25) is 0 Å². The van der Waals surface area contributed by atoms with E-state index in [-0.39, 0.29) is 6.04 Å². The fraction of sp³-hybridized carbons (Fsp3) is 0.368. The fourth-order valence-corrected chi connectivity index (χ4v) is 2.85. The first kappa shape index (κ1) is 16.3. The molecule has 0 radical (unpaired) electrons. The summed E-state index contributed by atoms with van der Waals surface area (Å²) in [5, 5.41) is 12.7. The Balaban J connectivity index is 1.88. The van der Waals surface area contributed by atoms with Crippen LogP contribution in [0.4, 0.5) is 5.69 Å². The van der Waals surface area contributed by atoms with Gasteiger partial charge in [0, 0.05) is 12.7 Å². The minimum atomic E-state index is 0.125. The van der Waals surface area contributed by atoms with E-state index in [2.05, 4.69) is 74.4 Å². The highest BCUT2D eigenvalue weighted by atomic mass is 15.3. The summed E-state index contributed by atoms with van der Waals surface area (Å²) in [5.74, 6) is 0. The number of hydrogen-bond donors (Lipinski definition) is 1. The normalized spacial score (nSPS) is 12.4. The molecule has 24 heavy (non-hydrogen) atoms. The first-order chi connectivity index (χ1) is 11.4. The maximum atomic E-state index is 4.59. The zero-order chi connectivity index (χ0) is 17.4. The van der Waals surface area contributed by atoms with Crippen molar-refractivity contribution in [3.63, 3.8) is 0 Å². The van der Waals surface area contributed by atoms with Crippen molar-refractivity contribution in [2.24, 2.45) is 7.05 Å². The van der Waals surface area contributed by atoms with Gasteiger partial charge in [-0.15, -0.1) is 0 Å². The summed E-state index contributed by atoms with van der Waals surface area (Å²) in [7, 11) is 1.97. The van der Waals surface area contributed by atoms with Crippen molar-refractivity contribution in [1.82, 2.24) is 19.6 Å². The number of aryl methyl sites for hydroxylation is 4. The van der Waals surface area contributed by atoms with Crippen LogP contribution in [0.1, 0.15) is 41.2 Å². The zero-order valence-corrected chi connectivity index (χ0v) is 15.3. The Morgan fingerprint density at radius 2 is 1.83 bits per heavy atom. The van der Waals surface area contributed by atoms with E-state index in [0.717, 1.165) is 28.5 Å². The molecule has 2 heterocycles. The number of nitrogens with zero attached hydrogens (tertiary/aromatic N) is 4. The minimum absolute atomic E-state index is 0.125. The van der Waals surface area contributed by atoms with Gasteiger partial charge in [0.1, 0.15) is 0 Å². The van der Waals surface area contributed by atoms with E-state index in [9.17, 15) is 0 Å². The Kier molecular flexibility index (Phi) is 4.18. The zero-order valence-electron chi connectivity index (χ0n) is 15.3. The monoisotopic (exact) mass is 323 g/mol. The summed E-state index contributed by atoms with van der Waals surface area (Å²) in [6.07, 6.45) is 1.89. The fourth-order valence-electron chi connectivity index (χ4n) is 2.85. The Morgan fingerprint density at radius 1 is 1.08 bits per heavy atom. The number of hydrogen-bond acceptors (Lipinski definition) is 3. The SMILES string of the molecule is Cc1ccc(C)c(-n2ncc(NC(C)c3cc(C)n(C)n3)c2C)c1. The van der Waals surface area contributed by atoms with Gasteiger partial charge in [-0.05, 0) is 57.9 Å². The molecule has 0 aliphatic carbocycles. The average molecular weight is 323 g/mol. The van der Waals surface area contributed by atoms with Crippen molar-refractivity contribution in [1.29, 1.82) is 0 Å². The molecule has 0 spiro atoms. The minimum Gasteiger partial charge on any atom is -0.374 e. The lowest BCUT2D eigenvalue weighted by Crippen LogP contribution is -2.09. The quantitative estimate of drug-likeness (QED) is 0.789. The smallest absolute Gasteiger partial charge is 0.0846 e. The van der Waals surface area contributed by atoms with E-state index in [1.54, 1.807) is 0 Å². The third-order valence-corrected chi connectivity index (χ3v) is 4.55. The molecule has 0 saturated carbocycles. The molecule has 1 aromatic carbocycles. The van der Waals surface area contributed by atoms with Crippen molar-refractivity contribution in [3.8, 4) is 5.69 Å². The number of anilines is 1. The van der Waals surface area contributed by atoms with Gasteiger partial charge < -0.3 is 5.32 Å². The molecule has 0 fully saturated rings. The molecule has 1 atom stereocenters. The topological polar surface area (TPSA) is 47.7 Å². The summed E-state index contributed by atoms with van der Waals surface area (Å²) in [6, 6.07) is 8.67. The highest BCUT2D eigenvalue weighted by Gasteiger charge is 2.15. The first-order valence-electron chi connectivity index (χ1n) is 8.26. The van der Waals surface area contributed by atoms with E-state index in [0.29, 0.717) is 0 Å². The molecule has 2 aromatic heterocycles. The van der Waals surface area contributed by atoms with Gasteiger partial charge in [-0.25, -0.2) is 4.68 Å². The standard InChI is InChI=1S/C19H25N5/c1-12-7-8-13(2)19(9-12)24-16(5)18(11-20-24)21-15(4)17-10-14(3)23(6)22-17/h7-11,15,21H,1-6H3. The molecule has 0 bridgehead atoms. The average Bonchev–Trinajstić information content (AvgIpc) is 3.06. The lowest BCUT2D eigenvalue weighted by molar-refractivity contribution is 0.702. The van der Waals surface area contributed by atoms with Gasteiger partial charge in [-0.1, -0.05) is 12.1 Å². The highest BCUT2D eigenvalue weighted by molar-refractivity contribution is 5.52. The Morgan fingerprint density at radius 3 is 2.50 bits per heavy atom. The van der Waals surface area contributed by atoms with Crippen molar-refractivity contribution >= 4 is 5.69 Å². The van der Waals surface area contributed by atoms with E-state index < -0.39 is 0 Å². The molecule has 5 nitrogen and oxygen atoms in total. The van der Waals surface area contributed by atoms with Crippen LogP contribution in [0.15, 0.2) is 30.5 Å². The van der Waals surface area contributed by atoms with Crippen LogP contribution in [-0.2, 0) is 7.05 Å². The second-order valence-corrected chi connectivity index (χ2v) is 6.55. The predicted octanol–water partition coefficient (Wildman–Crippen LogP) is 4.01. The largest absolute Gasteiger partial charge is 0.374 e. The molecule has 126 valence electrons. The lowest BCUT2D eigenvalue weighted by atomic mass is 10.1. The number of nitrogens with one attached hydrogen (secondary N) is 1. The molecule has 0 aliphatic heterocycles. The third kappa shape index (κ3) is 2.94. The molecular weight excluding hydrogens is 298 g/mol. The van der Waals surface area contributed by atoms with Crippen LogP contribution in [0.25, 0.3) is 5.69 Å². The third-order valence-electron chi connectivity index (χ3n) is 4.55. The molecule has 3 aromatic rings. The Hall–Kier alpha value is -2.56. The van der Waals surface area contributed by atoms with Crippen LogP contribution < -0.4 is 5.32 Å². The first-order valence-corrected chi connectivity index (χ1v) is 8.26. The van der Waals surface area contributed by atoms with Gasteiger partial charge in [0.15, 0.2) is 0 Å². The molecular formula is C19H25N5. The summed E-state index contributed by atoms with van der Waals surface area (Å²) >= 11 is 0. The van der Waals surface area contributed by atoms with Gasteiger partial charge in [0.25, 0.3) is 0 Å². The summed E-state index contributed by atoms with van der Waals surface area (Å²) in [4.78, 5) is 0. The van der Waals surface area contributed by atoms with Crippen LogP contribution in [-0.4, -0.2) is 19.6 Å². The van der Waals surface area contributed by atoms with Gasteiger partial charge in [0.05, 0.1) is 35.0 Å². The van der Waals surface area contributed by atoms with Gasteiger partial charge in [-0.2, -0.15) is 10.2 Å². The maximum Gasteiger partial charge on any atom is 0.0846 e. The Labute approximate surface area is 143 Å². The molecule has 3 rings (SSSR count). The molecule has 0 amide bonds. The van der Waals surface area contributed by atoms with Crippen LogP contribution in [0.2, 0.25) is 0 Å². The van der Waals surface area contributed by atoms with Crippen molar-refractivity contribution < 1.29 is 0 Å². The summed E-state index contributed by atoms with van der Waals surface area (Å²) in [5.41, 5.74) is 7.90. The highest BCUT2D eigenvalue weighted by Crippen LogP contribution is 2.25. The molecule has 1 unspecified atom stereocenters. The number of aromatic nitrogens is 4. The number of rotatable bonds is 4. The molecule has 5 heteroatoms. The van der Waals surface area contributed by atoms with Crippen molar-refractivity contribution in [2.45, 2.75) is 40.7 Å². The van der Waals surface area contributed by atoms with Crippen molar-refractivity contribution in [2.75, 3.05) is 5.32 Å². The van der Waals surface area contributed by atoms with E-state index in [4.69, 9.17) is 0 Å². The second-order valence-electron chi connectivity index (χ2n) is 6.55. The predicted molar refractivity (Wildman–Crippen MR) is 97.8 cm³/mol. The second kappa shape index (κ2) is 6.15. The Bertz CT molecular complexity index is 853. The van der Waals surface area contributed by atoms with Gasteiger partial charge >= 0.3 is 0 Å². The molecule has 0 aliphatic rings. The van der Waals surface area contributed by atoms with Crippen LogP contribution in [0, 0.1) is 27.7 Å². The lowest BCUT2D eigenvalue weighted by Gasteiger charge is -2.14. The maximum absolute atomic E-state index is 4.59. The summed E-state index contributed by atoms with van der Waals surface area (Å²) in [6.45, 7) is 10.5. The van der Waals surface area contributed by atoms with Crippen LogP contribution in [0.5, 0.6) is 0 Å². The summed E-state index contributed by atoms with van der Waals surface area (Å²) < 4.78 is 3.90. The van der Waals surface area contributed by atoms with Crippen molar-refractivity contribution in [3.05, 3.63) is 58.7 Å². The van der Waals surface area contributed by atoms with Crippen LogP contribution >= 0.6 is 0 Å². The molecule has 1 N–H and O–H groups in total.